The summed E-state index contributed by atoms with van der Waals surface area (Å²) in [5.41, 5.74) is 3.72. The summed E-state index contributed by atoms with van der Waals surface area (Å²) in [6.07, 6.45) is 5.35. The Bertz CT molecular complexity index is 1460. The van der Waals surface area contributed by atoms with E-state index in [9.17, 15) is 9.59 Å². The fraction of sp³-hybridized carbons (Fsp3) is 0.333. The lowest BCUT2D eigenvalue weighted by atomic mass is 10.0. The Balaban J connectivity index is 1.13. The molecule has 4 aromatic rings. The quantitative estimate of drug-likeness (QED) is 0.387. The SMILES string of the molecule is O=C(NCc1cccnc1)Nc1ccc(-n2nc(C(=O)N3CCC(N4CCOCC4)CC3)c3ccccc32)cc1. The number of nitrogens with zero attached hydrogens (tertiary/aromatic N) is 5. The van der Waals surface area contributed by atoms with Crippen molar-refractivity contribution in [3.05, 3.63) is 84.3 Å². The largest absolute Gasteiger partial charge is 0.379 e. The first-order valence-corrected chi connectivity index (χ1v) is 13.8. The van der Waals surface area contributed by atoms with E-state index in [2.05, 4.69) is 20.5 Å². The first-order chi connectivity index (χ1) is 19.7. The van der Waals surface area contributed by atoms with E-state index in [-0.39, 0.29) is 11.9 Å². The molecule has 2 N–H and O–H groups in total. The number of fused-ring (bicyclic) bond motifs is 1. The van der Waals surface area contributed by atoms with Gasteiger partial charge in [-0.3, -0.25) is 14.7 Å². The standard InChI is InChI=1S/C30H33N7O3/c38-29(36-14-11-24(12-15-36)35-16-18-40-19-17-35)28-26-5-1-2-6-27(26)37(34-28)25-9-7-23(8-10-25)33-30(39)32-21-22-4-3-13-31-20-22/h1-10,13,20,24H,11-12,14-19,21H2,(H2,32,33,39). The summed E-state index contributed by atoms with van der Waals surface area (Å²) in [5.74, 6) is -0.0287. The number of pyridine rings is 1. The number of carbonyl (C=O) groups excluding carboxylic acids is 2. The number of urea groups is 1. The number of hydrogen-bond acceptors (Lipinski definition) is 6. The van der Waals surface area contributed by atoms with Crippen molar-refractivity contribution in [2.24, 2.45) is 0 Å². The van der Waals surface area contributed by atoms with Gasteiger partial charge in [-0.15, -0.1) is 0 Å². The predicted molar refractivity (Wildman–Crippen MR) is 152 cm³/mol. The number of piperidine rings is 1. The number of aromatic nitrogens is 3. The molecule has 2 aliphatic rings. The first-order valence-electron chi connectivity index (χ1n) is 13.8. The molecule has 0 radical (unpaired) electrons. The molecule has 0 atom stereocenters. The molecule has 206 valence electrons. The molecule has 2 fully saturated rings. The lowest BCUT2D eigenvalue weighted by Crippen LogP contribution is -2.50. The molecule has 40 heavy (non-hydrogen) atoms. The second-order valence-electron chi connectivity index (χ2n) is 10.2. The molecule has 0 spiro atoms. The number of rotatable bonds is 6. The van der Waals surface area contributed by atoms with Gasteiger partial charge in [0.25, 0.3) is 5.91 Å². The summed E-state index contributed by atoms with van der Waals surface area (Å²) in [6.45, 7) is 5.36. The third-order valence-electron chi connectivity index (χ3n) is 7.65. The van der Waals surface area contributed by atoms with Gasteiger partial charge in [-0.05, 0) is 54.8 Å². The van der Waals surface area contributed by atoms with Crippen LogP contribution in [0.15, 0.2) is 73.1 Å². The number of morpholine rings is 1. The third-order valence-corrected chi connectivity index (χ3v) is 7.65. The van der Waals surface area contributed by atoms with Crippen molar-refractivity contribution >= 4 is 28.5 Å². The molecular formula is C30H33N7O3. The van der Waals surface area contributed by atoms with E-state index < -0.39 is 0 Å². The summed E-state index contributed by atoms with van der Waals surface area (Å²) in [6, 6.07) is 19.2. The van der Waals surface area contributed by atoms with Crippen molar-refractivity contribution in [1.29, 1.82) is 0 Å². The molecule has 0 saturated carbocycles. The monoisotopic (exact) mass is 539 g/mol. The van der Waals surface area contributed by atoms with E-state index in [1.54, 1.807) is 17.1 Å². The van der Waals surface area contributed by atoms with Crippen LogP contribution in [0.3, 0.4) is 0 Å². The summed E-state index contributed by atoms with van der Waals surface area (Å²) >= 11 is 0. The van der Waals surface area contributed by atoms with E-state index in [1.165, 1.54) is 0 Å². The molecule has 0 bridgehead atoms. The lowest BCUT2D eigenvalue weighted by molar-refractivity contribution is 0.00154. The lowest BCUT2D eigenvalue weighted by Gasteiger charge is -2.39. The fourth-order valence-corrected chi connectivity index (χ4v) is 5.49. The van der Waals surface area contributed by atoms with Gasteiger partial charge in [-0.2, -0.15) is 5.10 Å². The van der Waals surface area contributed by atoms with Crippen LogP contribution >= 0.6 is 0 Å². The van der Waals surface area contributed by atoms with Gasteiger partial charge >= 0.3 is 6.03 Å². The minimum Gasteiger partial charge on any atom is -0.379 e. The minimum absolute atomic E-state index is 0.0287. The van der Waals surface area contributed by atoms with Gasteiger partial charge in [0.15, 0.2) is 5.69 Å². The topological polar surface area (TPSA) is 105 Å². The van der Waals surface area contributed by atoms with Crippen molar-refractivity contribution < 1.29 is 14.3 Å². The highest BCUT2D eigenvalue weighted by Crippen LogP contribution is 2.26. The highest BCUT2D eigenvalue weighted by atomic mass is 16.5. The Kier molecular flexibility index (Phi) is 7.69. The van der Waals surface area contributed by atoms with Crippen LogP contribution in [0.5, 0.6) is 0 Å². The predicted octanol–water partition coefficient (Wildman–Crippen LogP) is 3.68. The Hall–Kier alpha value is -4.28. The van der Waals surface area contributed by atoms with Crippen molar-refractivity contribution in [2.75, 3.05) is 44.7 Å². The number of nitrogens with one attached hydrogen (secondary N) is 2. The van der Waals surface area contributed by atoms with E-state index in [0.717, 1.165) is 74.4 Å². The summed E-state index contributed by atoms with van der Waals surface area (Å²) < 4.78 is 7.30. The van der Waals surface area contributed by atoms with Gasteiger partial charge in [-0.25, -0.2) is 9.48 Å². The van der Waals surface area contributed by atoms with Gasteiger partial charge in [0.1, 0.15) is 0 Å². The molecule has 2 aromatic carbocycles. The molecule has 2 aromatic heterocycles. The summed E-state index contributed by atoms with van der Waals surface area (Å²) in [7, 11) is 0. The summed E-state index contributed by atoms with van der Waals surface area (Å²) in [5, 5.41) is 11.3. The second kappa shape index (κ2) is 11.8. The van der Waals surface area contributed by atoms with Crippen molar-refractivity contribution in [2.45, 2.75) is 25.4 Å². The fourth-order valence-electron chi connectivity index (χ4n) is 5.49. The number of benzene rings is 2. The van der Waals surface area contributed by atoms with Crippen LogP contribution in [0.2, 0.25) is 0 Å². The molecule has 10 nitrogen and oxygen atoms in total. The van der Waals surface area contributed by atoms with Crippen molar-refractivity contribution in [3.63, 3.8) is 0 Å². The number of para-hydroxylation sites is 1. The zero-order valence-corrected chi connectivity index (χ0v) is 22.3. The third kappa shape index (κ3) is 5.68. The van der Waals surface area contributed by atoms with Gasteiger partial charge < -0.3 is 20.3 Å². The van der Waals surface area contributed by atoms with Gasteiger partial charge in [0.05, 0.1) is 24.4 Å². The Morgan fingerprint density at radius 3 is 2.45 bits per heavy atom. The molecule has 0 unspecified atom stereocenters. The molecule has 0 aliphatic carbocycles. The van der Waals surface area contributed by atoms with Crippen LogP contribution in [0.25, 0.3) is 16.6 Å². The van der Waals surface area contributed by atoms with Crippen LogP contribution in [0, 0.1) is 0 Å². The molecule has 2 saturated heterocycles. The second-order valence-corrected chi connectivity index (χ2v) is 10.2. The zero-order valence-electron chi connectivity index (χ0n) is 22.3. The van der Waals surface area contributed by atoms with Gasteiger partial charge in [0.2, 0.25) is 0 Å². The van der Waals surface area contributed by atoms with E-state index >= 15 is 0 Å². The molecule has 2 aliphatic heterocycles. The maximum atomic E-state index is 13.6. The van der Waals surface area contributed by atoms with Crippen LogP contribution in [-0.2, 0) is 11.3 Å². The smallest absolute Gasteiger partial charge is 0.319 e. The number of hydrogen-bond donors (Lipinski definition) is 2. The molecule has 10 heteroatoms. The van der Waals surface area contributed by atoms with Crippen LogP contribution < -0.4 is 10.6 Å². The highest BCUT2D eigenvalue weighted by Gasteiger charge is 2.30. The van der Waals surface area contributed by atoms with Gasteiger partial charge in [0, 0.05) is 62.2 Å². The number of ether oxygens (including phenoxy) is 1. The Morgan fingerprint density at radius 1 is 0.925 bits per heavy atom. The first kappa shape index (κ1) is 26.0. The van der Waals surface area contributed by atoms with Crippen LogP contribution in [0.1, 0.15) is 28.9 Å². The average Bonchev–Trinajstić information content (AvgIpc) is 3.41. The maximum Gasteiger partial charge on any atom is 0.319 e. The normalized spacial score (nSPS) is 16.6. The van der Waals surface area contributed by atoms with E-state index in [4.69, 9.17) is 9.84 Å². The van der Waals surface area contributed by atoms with E-state index in [1.807, 2.05) is 65.6 Å². The summed E-state index contributed by atoms with van der Waals surface area (Å²) in [4.78, 5) is 34.5. The number of anilines is 1. The van der Waals surface area contributed by atoms with Gasteiger partial charge in [-0.1, -0.05) is 24.3 Å². The minimum atomic E-state index is -0.300. The molecular weight excluding hydrogens is 506 g/mol. The van der Waals surface area contributed by atoms with Crippen molar-refractivity contribution in [3.8, 4) is 5.69 Å². The van der Waals surface area contributed by atoms with Crippen LogP contribution in [-0.4, -0.2) is 81.9 Å². The molecule has 6 rings (SSSR count). The maximum absolute atomic E-state index is 13.6. The highest BCUT2D eigenvalue weighted by molar-refractivity contribution is 6.05. The number of likely N-dealkylation sites (tertiary alicyclic amines) is 1. The number of carbonyl (C=O) groups is 2. The Morgan fingerprint density at radius 2 is 1.70 bits per heavy atom. The van der Waals surface area contributed by atoms with E-state index in [0.29, 0.717) is 24.0 Å². The average molecular weight is 540 g/mol. The van der Waals surface area contributed by atoms with Crippen molar-refractivity contribution in [1.82, 2.24) is 29.9 Å². The zero-order chi connectivity index (χ0) is 27.3. The number of amides is 3. The Labute approximate surface area is 232 Å². The molecule has 3 amide bonds. The van der Waals surface area contributed by atoms with Crippen LogP contribution in [0.4, 0.5) is 10.5 Å². The molecule has 4 heterocycles.